The van der Waals surface area contributed by atoms with Gasteiger partial charge in [0.15, 0.2) is 0 Å². The summed E-state index contributed by atoms with van der Waals surface area (Å²) in [5, 5.41) is 5.40. The van der Waals surface area contributed by atoms with Gasteiger partial charge in [0, 0.05) is 11.4 Å². The van der Waals surface area contributed by atoms with Crippen LogP contribution in [0.3, 0.4) is 0 Å². The van der Waals surface area contributed by atoms with Crippen molar-refractivity contribution in [3.63, 3.8) is 0 Å². The molecule has 3 rings (SSSR count). The van der Waals surface area contributed by atoms with Crippen LogP contribution >= 0.6 is 0 Å². The van der Waals surface area contributed by atoms with Crippen LogP contribution in [0.25, 0.3) is 0 Å². The number of rotatable bonds is 5. The fourth-order valence-electron chi connectivity index (χ4n) is 2.85. The van der Waals surface area contributed by atoms with Gasteiger partial charge >= 0.3 is 0 Å². The highest BCUT2D eigenvalue weighted by Gasteiger charge is 2.16. The molecule has 1 amide bonds. The largest absolute Gasteiger partial charge is 0.320 e. The van der Waals surface area contributed by atoms with Gasteiger partial charge in [0.25, 0.3) is 5.91 Å². The lowest BCUT2D eigenvalue weighted by atomic mass is 10.1. The molecule has 0 spiro atoms. The molecule has 2 N–H and O–H groups in total. The van der Waals surface area contributed by atoms with E-state index < -0.39 is 17.5 Å². The van der Waals surface area contributed by atoms with E-state index in [1.807, 2.05) is 32.0 Å². The van der Waals surface area contributed by atoms with Gasteiger partial charge in [-0.05, 0) is 49.6 Å². The van der Waals surface area contributed by atoms with E-state index in [0.717, 1.165) is 35.4 Å². The normalized spacial score (nSPS) is 10.6. The van der Waals surface area contributed by atoms with Crippen LogP contribution in [0.1, 0.15) is 34.2 Å². The molecule has 1 aromatic heterocycles. The number of hydrogen-bond acceptors (Lipinski definition) is 4. The Hall–Kier alpha value is -3.35. The van der Waals surface area contributed by atoms with Crippen molar-refractivity contribution in [2.45, 2.75) is 27.2 Å². The van der Waals surface area contributed by atoms with Gasteiger partial charge in [0.05, 0.1) is 0 Å². The quantitative estimate of drug-likeness (QED) is 0.657. The molecular formula is C21H20F2N4O. The monoisotopic (exact) mass is 382 g/mol. The number of nitrogens with zero attached hydrogens (tertiary/aromatic N) is 2. The van der Waals surface area contributed by atoms with Crippen LogP contribution in [0.15, 0.2) is 42.5 Å². The Morgan fingerprint density at radius 1 is 1.00 bits per heavy atom. The molecule has 0 atom stereocenters. The SMILES string of the molecule is CCc1cccc(C)c1NC(=O)c1cc(C)nc(Nc2c(F)cccc2F)n1. The van der Waals surface area contributed by atoms with Gasteiger partial charge in [-0.3, -0.25) is 4.79 Å². The number of hydrogen-bond donors (Lipinski definition) is 2. The molecule has 0 aliphatic rings. The van der Waals surface area contributed by atoms with Gasteiger partial charge in [-0.25, -0.2) is 18.7 Å². The van der Waals surface area contributed by atoms with Crippen LogP contribution in [0.5, 0.6) is 0 Å². The molecule has 0 saturated heterocycles. The average Bonchev–Trinajstić information content (AvgIpc) is 2.66. The second kappa shape index (κ2) is 8.12. The second-order valence-electron chi connectivity index (χ2n) is 6.36. The summed E-state index contributed by atoms with van der Waals surface area (Å²) in [7, 11) is 0. The molecule has 0 radical (unpaired) electrons. The van der Waals surface area contributed by atoms with E-state index in [1.165, 1.54) is 12.1 Å². The number of carbonyl (C=O) groups is 1. The predicted octanol–water partition coefficient (Wildman–Crippen LogP) is 4.93. The van der Waals surface area contributed by atoms with E-state index in [1.54, 1.807) is 6.92 Å². The van der Waals surface area contributed by atoms with Crippen molar-refractivity contribution < 1.29 is 13.6 Å². The number of benzene rings is 2. The number of amides is 1. The van der Waals surface area contributed by atoms with Crippen LogP contribution in [0, 0.1) is 25.5 Å². The summed E-state index contributed by atoms with van der Waals surface area (Å²) in [5.41, 5.74) is 2.89. The Balaban J connectivity index is 1.90. The lowest BCUT2D eigenvalue weighted by Crippen LogP contribution is -2.17. The highest BCUT2D eigenvalue weighted by atomic mass is 19.1. The van der Waals surface area contributed by atoms with Gasteiger partial charge in [-0.2, -0.15) is 0 Å². The minimum absolute atomic E-state index is 0.0605. The molecule has 0 bridgehead atoms. The summed E-state index contributed by atoms with van der Waals surface area (Å²) in [5.74, 6) is -2.03. The van der Waals surface area contributed by atoms with Gasteiger partial charge in [0.1, 0.15) is 23.0 Å². The molecule has 3 aromatic rings. The number of carbonyl (C=O) groups excluding carboxylic acids is 1. The highest BCUT2D eigenvalue weighted by Crippen LogP contribution is 2.23. The minimum atomic E-state index is -0.774. The predicted molar refractivity (Wildman–Crippen MR) is 105 cm³/mol. The number of anilines is 3. The van der Waals surface area contributed by atoms with Crippen LogP contribution < -0.4 is 10.6 Å². The van der Waals surface area contributed by atoms with E-state index in [4.69, 9.17) is 0 Å². The third-order valence-corrected chi connectivity index (χ3v) is 4.26. The first-order valence-electron chi connectivity index (χ1n) is 8.85. The molecule has 28 heavy (non-hydrogen) atoms. The standard InChI is InChI=1S/C21H20F2N4O/c1-4-14-8-5-7-12(2)18(14)26-20(28)17-11-13(3)24-21(25-17)27-19-15(22)9-6-10-16(19)23/h5-11H,4H2,1-3H3,(H,26,28)(H,24,25,27). The maximum atomic E-state index is 13.9. The highest BCUT2D eigenvalue weighted by molar-refractivity contribution is 6.04. The Morgan fingerprint density at radius 2 is 1.68 bits per heavy atom. The summed E-state index contributed by atoms with van der Waals surface area (Å²) in [6, 6.07) is 10.8. The molecule has 144 valence electrons. The molecular weight excluding hydrogens is 362 g/mol. The molecule has 7 heteroatoms. The first-order chi connectivity index (χ1) is 13.4. The molecule has 0 unspecified atom stereocenters. The zero-order valence-electron chi connectivity index (χ0n) is 15.8. The number of para-hydroxylation sites is 2. The molecule has 2 aromatic carbocycles. The van der Waals surface area contributed by atoms with Crippen molar-refractivity contribution in [2.75, 3.05) is 10.6 Å². The van der Waals surface area contributed by atoms with Crippen molar-refractivity contribution in [1.29, 1.82) is 0 Å². The molecule has 0 aliphatic carbocycles. The first kappa shape index (κ1) is 19.4. The number of nitrogens with one attached hydrogen (secondary N) is 2. The van der Waals surface area contributed by atoms with Gasteiger partial charge in [0.2, 0.25) is 5.95 Å². The maximum Gasteiger partial charge on any atom is 0.274 e. The number of aromatic nitrogens is 2. The number of halogens is 2. The Bertz CT molecular complexity index is 1020. The summed E-state index contributed by atoms with van der Waals surface area (Å²) in [4.78, 5) is 21.0. The second-order valence-corrected chi connectivity index (χ2v) is 6.36. The third-order valence-electron chi connectivity index (χ3n) is 4.26. The van der Waals surface area contributed by atoms with Crippen molar-refractivity contribution in [1.82, 2.24) is 9.97 Å². The summed E-state index contributed by atoms with van der Waals surface area (Å²) >= 11 is 0. The fraction of sp³-hybridized carbons (Fsp3) is 0.190. The van der Waals surface area contributed by atoms with Gasteiger partial charge in [-0.1, -0.05) is 31.2 Å². The zero-order chi connectivity index (χ0) is 20.3. The van der Waals surface area contributed by atoms with Gasteiger partial charge < -0.3 is 10.6 Å². The summed E-state index contributed by atoms with van der Waals surface area (Å²) < 4.78 is 27.7. The average molecular weight is 382 g/mol. The minimum Gasteiger partial charge on any atom is -0.320 e. The van der Waals surface area contributed by atoms with E-state index >= 15 is 0 Å². The van der Waals surface area contributed by atoms with E-state index in [-0.39, 0.29) is 17.3 Å². The number of aryl methyl sites for hydroxylation is 3. The van der Waals surface area contributed by atoms with E-state index in [0.29, 0.717) is 5.69 Å². The van der Waals surface area contributed by atoms with Crippen LogP contribution in [-0.4, -0.2) is 15.9 Å². The Morgan fingerprint density at radius 3 is 2.36 bits per heavy atom. The maximum absolute atomic E-state index is 13.9. The summed E-state index contributed by atoms with van der Waals surface area (Å²) in [6.45, 7) is 5.59. The smallest absolute Gasteiger partial charge is 0.274 e. The molecule has 0 fully saturated rings. The topological polar surface area (TPSA) is 66.9 Å². The third kappa shape index (κ3) is 4.14. The lowest BCUT2D eigenvalue weighted by Gasteiger charge is -2.13. The molecule has 5 nitrogen and oxygen atoms in total. The van der Waals surface area contributed by atoms with Crippen LogP contribution in [0.2, 0.25) is 0 Å². The van der Waals surface area contributed by atoms with Crippen LogP contribution in [-0.2, 0) is 6.42 Å². The van der Waals surface area contributed by atoms with Crippen LogP contribution in [0.4, 0.5) is 26.1 Å². The fourth-order valence-corrected chi connectivity index (χ4v) is 2.85. The van der Waals surface area contributed by atoms with Crippen molar-refractivity contribution >= 4 is 23.2 Å². The summed E-state index contributed by atoms with van der Waals surface area (Å²) in [6.07, 6.45) is 0.763. The first-order valence-corrected chi connectivity index (χ1v) is 8.85. The van der Waals surface area contributed by atoms with Crippen molar-refractivity contribution in [3.05, 3.63) is 76.6 Å². The van der Waals surface area contributed by atoms with Gasteiger partial charge in [-0.15, -0.1) is 0 Å². The van der Waals surface area contributed by atoms with Crippen molar-refractivity contribution in [2.24, 2.45) is 0 Å². The Kier molecular flexibility index (Phi) is 5.63. The molecule has 1 heterocycles. The molecule has 0 saturated carbocycles. The lowest BCUT2D eigenvalue weighted by molar-refractivity contribution is 0.102. The van der Waals surface area contributed by atoms with E-state index in [9.17, 15) is 13.6 Å². The Labute approximate surface area is 161 Å². The van der Waals surface area contributed by atoms with Crippen molar-refractivity contribution in [3.8, 4) is 0 Å². The molecule has 0 aliphatic heterocycles. The zero-order valence-corrected chi connectivity index (χ0v) is 15.8. The van der Waals surface area contributed by atoms with E-state index in [2.05, 4.69) is 20.6 Å².